The van der Waals surface area contributed by atoms with Crippen molar-refractivity contribution >= 4 is 0 Å². The van der Waals surface area contributed by atoms with Gasteiger partial charge in [-0.15, -0.1) is 0 Å². The van der Waals surface area contributed by atoms with Crippen molar-refractivity contribution in [1.29, 1.82) is 0 Å². The summed E-state index contributed by atoms with van der Waals surface area (Å²) in [6.07, 6.45) is 2.86. The molecule has 1 saturated heterocycles. The van der Waals surface area contributed by atoms with Crippen molar-refractivity contribution in [2.24, 2.45) is 0 Å². The summed E-state index contributed by atoms with van der Waals surface area (Å²) in [5, 5.41) is 3.49. The van der Waals surface area contributed by atoms with Crippen LogP contribution in [0.1, 0.15) is 42.5 Å². The minimum Gasteiger partial charge on any atom is -0.377 e. The first-order valence-electron chi connectivity index (χ1n) is 8.22. The normalized spacial score (nSPS) is 20.1. The Bertz CT molecular complexity index is 441. The van der Waals surface area contributed by atoms with Crippen LogP contribution in [0.5, 0.6) is 0 Å². The molecule has 0 bridgehead atoms. The highest BCUT2D eigenvalue weighted by molar-refractivity contribution is 5.33. The molecule has 1 heterocycles. The highest BCUT2D eigenvalue weighted by Gasteiger charge is 2.21. The Labute approximate surface area is 129 Å². The van der Waals surface area contributed by atoms with Gasteiger partial charge in [0.1, 0.15) is 0 Å². The quantitative estimate of drug-likeness (QED) is 0.835. The lowest BCUT2D eigenvalue weighted by atomic mass is 9.98. The molecule has 0 amide bonds. The summed E-state index contributed by atoms with van der Waals surface area (Å²) >= 11 is 0. The molecule has 118 valence electrons. The minimum absolute atomic E-state index is 0.381. The number of benzene rings is 1. The first-order valence-corrected chi connectivity index (χ1v) is 8.22. The van der Waals surface area contributed by atoms with Crippen LogP contribution < -0.4 is 5.32 Å². The summed E-state index contributed by atoms with van der Waals surface area (Å²) in [6.45, 7) is 10.7. The molecule has 3 nitrogen and oxygen atoms in total. The van der Waals surface area contributed by atoms with E-state index in [-0.39, 0.29) is 0 Å². The van der Waals surface area contributed by atoms with Gasteiger partial charge in [-0.05, 0) is 51.4 Å². The Hall–Kier alpha value is -0.900. The Kier molecular flexibility index (Phi) is 6.22. The monoisotopic (exact) mass is 290 g/mol. The maximum atomic E-state index is 5.78. The van der Waals surface area contributed by atoms with Gasteiger partial charge in [0.25, 0.3) is 0 Å². The van der Waals surface area contributed by atoms with Crippen LogP contribution in [-0.4, -0.2) is 44.3 Å². The van der Waals surface area contributed by atoms with Gasteiger partial charge in [-0.25, -0.2) is 0 Å². The first-order chi connectivity index (χ1) is 10.1. The van der Waals surface area contributed by atoms with Gasteiger partial charge >= 0.3 is 0 Å². The molecule has 0 radical (unpaired) electrons. The fourth-order valence-electron chi connectivity index (χ4n) is 3.23. The predicted octanol–water partition coefficient (Wildman–Crippen LogP) is 3.06. The first kappa shape index (κ1) is 16.5. The molecule has 0 aromatic heterocycles. The van der Waals surface area contributed by atoms with Crippen molar-refractivity contribution in [1.82, 2.24) is 10.2 Å². The van der Waals surface area contributed by atoms with E-state index < -0.39 is 0 Å². The van der Waals surface area contributed by atoms with Crippen LogP contribution in [0.25, 0.3) is 0 Å². The van der Waals surface area contributed by atoms with E-state index in [2.05, 4.69) is 56.2 Å². The summed E-state index contributed by atoms with van der Waals surface area (Å²) in [7, 11) is 2.06. The molecule has 0 aliphatic carbocycles. The second-order valence-corrected chi connectivity index (χ2v) is 6.19. The molecule has 0 spiro atoms. The van der Waals surface area contributed by atoms with Crippen LogP contribution in [0.4, 0.5) is 0 Å². The molecule has 2 unspecified atom stereocenters. The third-order valence-electron chi connectivity index (χ3n) is 4.52. The molecule has 1 fully saturated rings. The average Bonchev–Trinajstić information content (AvgIpc) is 2.97. The topological polar surface area (TPSA) is 24.5 Å². The molecular weight excluding hydrogens is 260 g/mol. The van der Waals surface area contributed by atoms with Gasteiger partial charge in [0.2, 0.25) is 0 Å². The molecule has 1 aliphatic rings. The third-order valence-corrected chi connectivity index (χ3v) is 4.52. The van der Waals surface area contributed by atoms with Gasteiger partial charge < -0.3 is 10.1 Å². The summed E-state index contributed by atoms with van der Waals surface area (Å²) in [5.41, 5.74) is 4.12. The molecule has 1 aliphatic heterocycles. The molecule has 2 atom stereocenters. The standard InChI is InChI=1S/C18H30N2O/c1-5-20(12-16-7-6-10-21-16)13-18(19-4)17-9-8-14(2)11-15(17)3/h8-9,11,16,18-19H,5-7,10,12-13H2,1-4H3. The van der Waals surface area contributed by atoms with Crippen LogP contribution in [0, 0.1) is 13.8 Å². The Morgan fingerprint density at radius 1 is 1.38 bits per heavy atom. The van der Waals surface area contributed by atoms with E-state index in [0.29, 0.717) is 12.1 Å². The van der Waals surface area contributed by atoms with Crippen molar-refractivity contribution < 1.29 is 4.74 Å². The van der Waals surface area contributed by atoms with Crippen molar-refractivity contribution in [3.8, 4) is 0 Å². The number of hydrogen-bond donors (Lipinski definition) is 1. The van der Waals surface area contributed by atoms with Gasteiger partial charge in [-0.2, -0.15) is 0 Å². The smallest absolute Gasteiger partial charge is 0.0702 e. The van der Waals surface area contributed by atoms with Crippen molar-refractivity contribution in [2.75, 3.05) is 33.3 Å². The van der Waals surface area contributed by atoms with E-state index in [4.69, 9.17) is 4.74 Å². The predicted molar refractivity (Wildman–Crippen MR) is 88.8 cm³/mol. The third kappa shape index (κ3) is 4.53. The number of nitrogens with one attached hydrogen (secondary N) is 1. The number of hydrogen-bond acceptors (Lipinski definition) is 3. The van der Waals surface area contributed by atoms with E-state index >= 15 is 0 Å². The molecule has 3 heteroatoms. The fourth-order valence-corrected chi connectivity index (χ4v) is 3.23. The lowest BCUT2D eigenvalue weighted by Crippen LogP contribution is -2.38. The fraction of sp³-hybridized carbons (Fsp3) is 0.667. The summed E-state index contributed by atoms with van der Waals surface area (Å²) < 4.78 is 5.78. The summed E-state index contributed by atoms with van der Waals surface area (Å²) in [6, 6.07) is 7.14. The van der Waals surface area contributed by atoms with Crippen molar-refractivity contribution in [3.63, 3.8) is 0 Å². The highest BCUT2D eigenvalue weighted by Crippen LogP contribution is 2.21. The number of ether oxygens (including phenoxy) is 1. The molecule has 21 heavy (non-hydrogen) atoms. The van der Waals surface area contributed by atoms with Crippen LogP contribution in [0.15, 0.2) is 18.2 Å². The van der Waals surface area contributed by atoms with Crippen molar-refractivity contribution in [2.45, 2.75) is 45.8 Å². The van der Waals surface area contributed by atoms with E-state index in [9.17, 15) is 0 Å². The number of likely N-dealkylation sites (N-methyl/N-ethyl adjacent to an activating group) is 2. The van der Waals surface area contributed by atoms with Gasteiger partial charge in [0.05, 0.1) is 6.10 Å². The van der Waals surface area contributed by atoms with Crippen LogP contribution in [0.2, 0.25) is 0 Å². The molecule has 0 saturated carbocycles. The molecule has 2 rings (SSSR count). The number of aryl methyl sites for hydroxylation is 2. The molecule has 1 aromatic rings. The second kappa shape index (κ2) is 7.92. The molecule has 1 aromatic carbocycles. The lowest BCUT2D eigenvalue weighted by Gasteiger charge is -2.29. The lowest BCUT2D eigenvalue weighted by molar-refractivity contribution is 0.0718. The zero-order valence-electron chi connectivity index (χ0n) is 14.0. The molecule has 1 N–H and O–H groups in total. The SMILES string of the molecule is CCN(CC1CCCO1)CC(NC)c1ccc(C)cc1C. The summed E-state index contributed by atoms with van der Waals surface area (Å²) in [4.78, 5) is 2.51. The highest BCUT2D eigenvalue weighted by atomic mass is 16.5. The molecular formula is C18H30N2O. The Balaban J connectivity index is 2.01. The van der Waals surface area contributed by atoms with E-state index in [1.165, 1.54) is 29.5 Å². The maximum Gasteiger partial charge on any atom is 0.0702 e. The van der Waals surface area contributed by atoms with Crippen molar-refractivity contribution in [3.05, 3.63) is 34.9 Å². The van der Waals surface area contributed by atoms with E-state index in [0.717, 1.165) is 26.2 Å². The van der Waals surface area contributed by atoms with Gasteiger partial charge in [0, 0.05) is 25.7 Å². The summed E-state index contributed by atoms with van der Waals surface area (Å²) in [5.74, 6) is 0. The van der Waals surface area contributed by atoms with Crippen LogP contribution in [-0.2, 0) is 4.74 Å². The van der Waals surface area contributed by atoms with E-state index in [1.807, 2.05) is 0 Å². The van der Waals surface area contributed by atoms with Crippen LogP contribution >= 0.6 is 0 Å². The number of rotatable bonds is 7. The maximum absolute atomic E-state index is 5.78. The zero-order chi connectivity index (χ0) is 15.2. The average molecular weight is 290 g/mol. The second-order valence-electron chi connectivity index (χ2n) is 6.19. The number of nitrogens with zero attached hydrogens (tertiary/aromatic N) is 1. The Morgan fingerprint density at radius 2 is 2.19 bits per heavy atom. The largest absolute Gasteiger partial charge is 0.377 e. The van der Waals surface area contributed by atoms with Gasteiger partial charge in [-0.3, -0.25) is 4.90 Å². The minimum atomic E-state index is 0.381. The Morgan fingerprint density at radius 3 is 2.76 bits per heavy atom. The zero-order valence-corrected chi connectivity index (χ0v) is 14.0. The van der Waals surface area contributed by atoms with Crippen LogP contribution in [0.3, 0.4) is 0 Å². The van der Waals surface area contributed by atoms with E-state index in [1.54, 1.807) is 0 Å². The van der Waals surface area contributed by atoms with Gasteiger partial charge in [0.15, 0.2) is 0 Å². The van der Waals surface area contributed by atoms with Gasteiger partial charge in [-0.1, -0.05) is 30.7 Å².